The van der Waals surface area contributed by atoms with Gasteiger partial charge >= 0.3 is 5.97 Å². The topological polar surface area (TPSA) is 164 Å². The highest BCUT2D eigenvalue weighted by atomic mass is 16.4. The molecular weight excluding hydrogens is 328 g/mol. The van der Waals surface area contributed by atoms with E-state index in [0.29, 0.717) is 17.7 Å². The molecule has 5 N–H and O–H groups in total. The summed E-state index contributed by atoms with van der Waals surface area (Å²) in [5.41, 5.74) is 6.10. The molecule has 1 aromatic carbocycles. The molecule has 0 aliphatic heterocycles. The molecule has 0 radical (unpaired) electrons. The Hall–Kier alpha value is -3.82. The molecule has 0 saturated carbocycles. The normalized spacial score (nSPS) is 10.6. The maximum Gasteiger partial charge on any atom is 0.336 e. The van der Waals surface area contributed by atoms with Gasteiger partial charge in [0.15, 0.2) is 17.5 Å². The van der Waals surface area contributed by atoms with Crippen LogP contribution in [0.3, 0.4) is 0 Å². The molecule has 2 heterocycles. The second kappa shape index (κ2) is 6.35. The Bertz CT molecular complexity index is 1050. The van der Waals surface area contributed by atoms with E-state index in [2.05, 4.69) is 25.3 Å². The van der Waals surface area contributed by atoms with Crippen molar-refractivity contribution in [3.63, 3.8) is 0 Å². The fourth-order valence-electron chi connectivity index (χ4n) is 2.21. The number of hydrogen-bond acceptors (Lipinski definition) is 8. The smallest absolute Gasteiger partial charge is 0.336 e. The maximum absolute atomic E-state index is 11.8. The number of aromatic nitrogens is 4. The van der Waals surface area contributed by atoms with E-state index in [1.807, 2.05) is 0 Å². The molecule has 10 nitrogen and oxygen atoms in total. The summed E-state index contributed by atoms with van der Waals surface area (Å²) in [5, 5.41) is 12.0. The van der Waals surface area contributed by atoms with Crippen LogP contribution in [-0.4, -0.2) is 37.3 Å². The number of nitrogens with two attached hydrogens (primary N) is 1. The van der Waals surface area contributed by atoms with Gasteiger partial charge in [0.25, 0.3) is 5.56 Å². The molecule has 25 heavy (non-hydrogen) atoms. The van der Waals surface area contributed by atoms with Crippen LogP contribution in [0.5, 0.6) is 0 Å². The number of anilines is 2. The minimum Gasteiger partial charge on any atom is -0.478 e. The molecule has 2 aromatic heterocycles. The number of H-pyrrole nitrogens is 1. The van der Waals surface area contributed by atoms with Crippen molar-refractivity contribution in [3.05, 3.63) is 51.6 Å². The van der Waals surface area contributed by atoms with E-state index in [4.69, 9.17) is 10.8 Å². The Balaban J connectivity index is 1.84. The van der Waals surface area contributed by atoms with Gasteiger partial charge in [0, 0.05) is 11.3 Å². The summed E-state index contributed by atoms with van der Waals surface area (Å²) in [6, 6.07) is 4.28. The predicted molar refractivity (Wildman–Crippen MR) is 88.5 cm³/mol. The first-order valence-corrected chi connectivity index (χ1v) is 7.05. The number of aromatic amines is 1. The van der Waals surface area contributed by atoms with Crippen molar-refractivity contribution in [1.82, 2.24) is 19.9 Å². The van der Waals surface area contributed by atoms with Crippen LogP contribution in [0.4, 0.5) is 11.6 Å². The fraction of sp³-hybridized carbons (Fsp3) is 0.0667. The Morgan fingerprint density at radius 1 is 1.36 bits per heavy atom. The molecule has 3 aromatic rings. The number of carbonyl (C=O) groups excluding carboxylic acids is 1. The largest absolute Gasteiger partial charge is 0.478 e. The molecule has 0 bridgehead atoms. The van der Waals surface area contributed by atoms with Crippen LogP contribution in [0, 0.1) is 0 Å². The van der Waals surface area contributed by atoms with Crippen molar-refractivity contribution in [2.75, 3.05) is 11.1 Å². The molecule has 0 spiro atoms. The third-order valence-electron chi connectivity index (χ3n) is 3.37. The number of fused-ring (bicyclic) bond motifs is 1. The number of benzene rings is 1. The van der Waals surface area contributed by atoms with Gasteiger partial charge in [0.2, 0.25) is 5.95 Å². The number of hydrogen-bond donors (Lipinski definition) is 4. The quantitative estimate of drug-likeness (QED) is 0.482. The highest BCUT2D eigenvalue weighted by Crippen LogP contribution is 2.15. The number of rotatable bonds is 5. The average Bonchev–Trinajstić information content (AvgIpc) is 2.59. The highest BCUT2D eigenvalue weighted by Gasteiger charge is 2.11. The summed E-state index contributed by atoms with van der Waals surface area (Å²) in [4.78, 5) is 48.3. The number of nitrogens with one attached hydrogen (secondary N) is 2. The zero-order valence-corrected chi connectivity index (χ0v) is 12.7. The summed E-state index contributed by atoms with van der Waals surface area (Å²) < 4.78 is 0. The molecule has 126 valence electrons. The van der Waals surface area contributed by atoms with E-state index in [-0.39, 0.29) is 34.8 Å². The summed E-state index contributed by atoms with van der Waals surface area (Å²) in [6.45, 7) is 0.206. The number of aromatic carboxylic acids is 1. The standard InChI is InChI=1S/C15H12N6O4/c16-15-20-12-11(13(23)21-15)19-9(5-18-12)4-17-8-1-2-10(14(24)25)7(3-8)6-22/h1-3,5-6,17H,4H2,(H,24,25)(H3,16,18,20,21,23). The molecule has 0 aliphatic carbocycles. The van der Waals surface area contributed by atoms with Crippen LogP contribution in [-0.2, 0) is 6.54 Å². The first-order chi connectivity index (χ1) is 12.0. The Morgan fingerprint density at radius 3 is 2.88 bits per heavy atom. The lowest BCUT2D eigenvalue weighted by atomic mass is 10.1. The van der Waals surface area contributed by atoms with Gasteiger partial charge in [-0.3, -0.25) is 14.6 Å². The zero-order valence-electron chi connectivity index (χ0n) is 12.7. The highest BCUT2D eigenvalue weighted by molar-refractivity contribution is 5.97. The molecule has 0 atom stereocenters. The van der Waals surface area contributed by atoms with Gasteiger partial charge in [0.1, 0.15) is 0 Å². The Morgan fingerprint density at radius 2 is 2.16 bits per heavy atom. The summed E-state index contributed by atoms with van der Waals surface area (Å²) in [7, 11) is 0. The van der Waals surface area contributed by atoms with E-state index in [1.54, 1.807) is 0 Å². The lowest BCUT2D eigenvalue weighted by Crippen LogP contribution is -2.15. The minimum atomic E-state index is -1.18. The van der Waals surface area contributed by atoms with Gasteiger partial charge in [-0.2, -0.15) is 4.98 Å². The number of nitrogen functional groups attached to an aromatic ring is 1. The van der Waals surface area contributed by atoms with Gasteiger partial charge in [-0.25, -0.2) is 14.8 Å². The summed E-state index contributed by atoms with van der Waals surface area (Å²) in [6.07, 6.45) is 1.91. The van der Waals surface area contributed by atoms with Crippen molar-refractivity contribution in [3.8, 4) is 0 Å². The summed E-state index contributed by atoms with van der Waals surface area (Å²) >= 11 is 0. The summed E-state index contributed by atoms with van der Waals surface area (Å²) in [5.74, 6) is -1.22. The van der Waals surface area contributed by atoms with Crippen molar-refractivity contribution >= 4 is 35.1 Å². The van der Waals surface area contributed by atoms with Gasteiger partial charge in [-0.05, 0) is 18.2 Å². The van der Waals surface area contributed by atoms with Crippen LogP contribution < -0.4 is 16.6 Å². The molecule has 0 amide bonds. The number of carboxylic acids is 1. The fourth-order valence-corrected chi connectivity index (χ4v) is 2.21. The third kappa shape index (κ3) is 3.27. The van der Waals surface area contributed by atoms with Crippen LogP contribution in [0.2, 0.25) is 0 Å². The van der Waals surface area contributed by atoms with Crippen LogP contribution in [0.15, 0.2) is 29.2 Å². The van der Waals surface area contributed by atoms with Gasteiger partial charge in [-0.15, -0.1) is 0 Å². The van der Waals surface area contributed by atoms with Crippen molar-refractivity contribution in [2.45, 2.75) is 6.54 Å². The molecule has 10 heteroatoms. The van der Waals surface area contributed by atoms with Crippen LogP contribution in [0.25, 0.3) is 11.2 Å². The molecule has 3 rings (SSSR count). The minimum absolute atomic E-state index is 0.0439. The number of nitrogens with zero attached hydrogens (tertiary/aromatic N) is 3. The van der Waals surface area contributed by atoms with Crippen molar-refractivity contribution in [2.24, 2.45) is 0 Å². The lowest BCUT2D eigenvalue weighted by Gasteiger charge is -2.08. The van der Waals surface area contributed by atoms with Crippen molar-refractivity contribution < 1.29 is 14.7 Å². The first-order valence-electron chi connectivity index (χ1n) is 7.05. The van der Waals surface area contributed by atoms with E-state index in [1.165, 1.54) is 24.4 Å². The SMILES string of the molecule is Nc1nc2ncc(CNc3ccc(C(=O)O)c(C=O)c3)nc2c(=O)[nH]1. The van der Waals surface area contributed by atoms with Gasteiger partial charge in [0.05, 0.1) is 24.0 Å². The molecule has 0 aliphatic rings. The molecular formula is C15H12N6O4. The maximum atomic E-state index is 11.8. The predicted octanol–water partition coefficient (Wildman–Crippen LogP) is 0.418. The molecule has 0 unspecified atom stereocenters. The zero-order chi connectivity index (χ0) is 18.0. The molecule has 0 fully saturated rings. The lowest BCUT2D eigenvalue weighted by molar-refractivity contribution is 0.0694. The monoisotopic (exact) mass is 340 g/mol. The molecule has 0 saturated heterocycles. The van der Waals surface area contributed by atoms with Crippen LogP contribution >= 0.6 is 0 Å². The third-order valence-corrected chi connectivity index (χ3v) is 3.37. The first kappa shape index (κ1) is 16.1. The Kier molecular flexibility index (Phi) is 4.08. The second-order valence-corrected chi connectivity index (χ2v) is 5.06. The van der Waals surface area contributed by atoms with E-state index < -0.39 is 11.5 Å². The average molecular weight is 340 g/mol. The number of carbonyl (C=O) groups is 2. The van der Waals surface area contributed by atoms with Crippen molar-refractivity contribution in [1.29, 1.82) is 0 Å². The van der Waals surface area contributed by atoms with Gasteiger partial charge in [-0.1, -0.05) is 0 Å². The van der Waals surface area contributed by atoms with Crippen LogP contribution in [0.1, 0.15) is 26.4 Å². The number of aldehydes is 1. The Labute approximate surface area is 139 Å². The second-order valence-electron chi connectivity index (χ2n) is 5.06. The number of carboxylic acid groups (broad SMARTS) is 1. The van der Waals surface area contributed by atoms with E-state index in [9.17, 15) is 14.4 Å². The van der Waals surface area contributed by atoms with Gasteiger partial charge < -0.3 is 16.2 Å². The van der Waals surface area contributed by atoms with E-state index >= 15 is 0 Å². The van der Waals surface area contributed by atoms with E-state index in [0.717, 1.165) is 0 Å².